The van der Waals surface area contributed by atoms with E-state index in [0.717, 1.165) is 32.4 Å². The van der Waals surface area contributed by atoms with Gasteiger partial charge >= 0.3 is 0 Å². The van der Waals surface area contributed by atoms with Crippen molar-refractivity contribution in [3.63, 3.8) is 0 Å². The van der Waals surface area contributed by atoms with Crippen molar-refractivity contribution in [2.24, 2.45) is 5.92 Å². The van der Waals surface area contributed by atoms with Gasteiger partial charge in [0.1, 0.15) is 0 Å². The second-order valence-electron chi connectivity index (χ2n) is 5.30. The Bertz CT molecular complexity index is 201. The van der Waals surface area contributed by atoms with Crippen LogP contribution in [0.15, 0.2) is 0 Å². The first-order chi connectivity index (χ1) is 7.84. The Labute approximate surface area is 111 Å². The lowest BCUT2D eigenvalue weighted by molar-refractivity contribution is -0.123. The van der Waals surface area contributed by atoms with Gasteiger partial charge in [0.2, 0.25) is 5.91 Å². The highest BCUT2D eigenvalue weighted by Gasteiger charge is 2.20. The van der Waals surface area contributed by atoms with Crippen LogP contribution in [-0.2, 0) is 4.79 Å². The van der Waals surface area contributed by atoms with E-state index in [0.29, 0.717) is 17.9 Å². The van der Waals surface area contributed by atoms with Crippen molar-refractivity contribution in [3.05, 3.63) is 0 Å². The minimum atomic E-state index is 0. The van der Waals surface area contributed by atoms with Crippen LogP contribution in [0.5, 0.6) is 0 Å². The summed E-state index contributed by atoms with van der Waals surface area (Å²) in [7, 11) is 0. The molecule has 2 rings (SSSR count). The van der Waals surface area contributed by atoms with E-state index in [2.05, 4.69) is 10.6 Å². The van der Waals surface area contributed by atoms with Crippen LogP contribution in [0.3, 0.4) is 0 Å². The van der Waals surface area contributed by atoms with Crippen molar-refractivity contribution < 1.29 is 4.79 Å². The fourth-order valence-electron chi connectivity index (χ4n) is 2.91. The summed E-state index contributed by atoms with van der Waals surface area (Å²) >= 11 is 0. The van der Waals surface area contributed by atoms with E-state index in [1.165, 1.54) is 32.1 Å². The van der Waals surface area contributed by atoms with Gasteiger partial charge in [0.05, 0.1) is 0 Å². The van der Waals surface area contributed by atoms with Crippen molar-refractivity contribution in [3.8, 4) is 0 Å². The highest BCUT2D eigenvalue weighted by Crippen LogP contribution is 2.26. The lowest BCUT2D eigenvalue weighted by Gasteiger charge is -2.26. The van der Waals surface area contributed by atoms with Crippen molar-refractivity contribution >= 4 is 18.3 Å². The molecule has 1 heterocycles. The third-order valence-electron chi connectivity index (χ3n) is 3.90. The highest BCUT2D eigenvalue weighted by molar-refractivity contribution is 5.85. The second-order valence-corrected chi connectivity index (χ2v) is 5.30. The molecule has 1 saturated heterocycles. The monoisotopic (exact) mass is 260 g/mol. The molecule has 0 radical (unpaired) electrons. The zero-order chi connectivity index (χ0) is 11.2. The molecule has 0 unspecified atom stereocenters. The van der Waals surface area contributed by atoms with E-state index in [9.17, 15) is 4.79 Å². The van der Waals surface area contributed by atoms with Gasteiger partial charge in [-0.3, -0.25) is 4.79 Å². The number of piperidine rings is 1. The molecule has 0 atom stereocenters. The summed E-state index contributed by atoms with van der Waals surface area (Å²) in [6.45, 7) is 2.10. The van der Waals surface area contributed by atoms with Crippen molar-refractivity contribution in [2.45, 2.75) is 57.4 Å². The van der Waals surface area contributed by atoms with Gasteiger partial charge in [0, 0.05) is 12.5 Å². The predicted octanol–water partition coefficient (Wildman–Crippen LogP) is 2.25. The lowest BCUT2D eigenvalue weighted by atomic mass is 9.86. The molecule has 1 aliphatic carbocycles. The maximum atomic E-state index is 11.8. The van der Waals surface area contributed by atoms with Crippen LogP contribution in [0.25, 0.3) is 0 Å². The largest absolute Gasteiger partial charge is 0.353 e. The Hall–Kier alpha value is -0.280. The van der Waals surface area contributed by atoms with Gasteiger partial charge in [-0.2, -0.15) is 0 Å². The van der Waals surface area contributed by atoms with E-state index in [1.807, 2.05) is 0 Å². The number of nitrogens with one attached hydrogen (secondary N) is 2. The number of amides is 1. The summed E-state index contributed by atoms with van der Waals surface area (Å²) in [4.78, 5) is 11.8. The number of hydrogen-bond donors (Lipinski definition) is 2. The normalized spacial score (nSPS) is 22.8. The standard InChI is InChI=1S/C13H24N2O.ClH/c16-13(10-11-4-2-1-3-5-11)15-12-6-8-14-9-7-12;/h11-12,14H,1-10H2,(H,15,16);1H. The number of carbonyl (C=O) groups is 1. The fraction of sp³-hybridized carbons (Fsp3) is 0.923. The second kappa shape index (κ2) is 7.93. The van der Waals surface area contributed by atoms with Crippen LogP contribution in [0, 0.1) is 5.92 Å². The maximum Gasteiger partial charge on any atom is 0.220 e. The maximum absolute atomic E-state index is 11.8. The van der Waals surface area contributed by atoms with E-state index < -0.39 is 0 Å². The lowest BCUT2D eigenvalue weighted by Crippen LogP contribution is -2.43. The van der Waals surface area contributed by atoms with Crippen LogP contribution in [-0.4, -0.2) is 25.0 Å². The fourth-order valence-corrected chi connectivity index (χ4v) is 2.91. The zero-order valence-corrected chi connectivity index (χ0v) is 11.4. The molecule has 3 nitrogen and oxygen atoms in total. The molecule has 4 heteroatoms. The summed E-state index contributed by atoms with van der Waals surface area (Å²) in [5.74, 6) is 0.953. The van der Waals surface area contributed by atoms with E-state index >= 15 is 0 Å². The molecule has 0 aromatic heterocycles. The molecule has 2 aliphatic rings. The number of carbonyl (C=O) groups excluding carboxylic acids is 1. The molecular formula is C13H25ClN2O. The van der Waals surface area contributed by atoms with Gasteiger partial charge in [-0.1, -0.05) is 19.3 Å². The molecule has 0 aromatic carbocycles. The summed E-state index contributed by atoms with van der Waals surface area (Å²) in [5, 5.41) is 6.51. The number of rotatable bonds is 3. The topological polar surface area (TPSA) is 41.1 Å². The van der Waals surface area contributed by atoms with Crippen molar-refractivity contribution in [2.75, 3.05) is 13.1 Å². The Morgan fingerprint density at radius 2 is 1.71 bits per heavy atom. The van der Waals surface area contributed by atoms with Gasteiger partial charge in [-0.05, 0) is 44.7 Å². The van der Waals surface area contributed by atoms with Gasteiger partial charge in [0.25, 0.3) is 0 Å². The molecule has 1 amide bonds. The minimum Gasteiger partial charge on any atom is -0.353 e. The highest BCUT2D eigenvalue weighted by atomic mass is 35.5. The van der Waals surface area contributed by atoms with Crippen molar-refractivity contribution in [1.29, 1.82) is 0 Å². The van der Waals surface area contributed by atoms with Crippen LogP contribution < -0.4 is 10.6 Å². The van der Waals surface area contributed by atoms with Gasteiger partial charge in [0.15, 0.2) is 0 Å². The van der Waals surface area contributed by atoms with Crippen LogP contribution >= 0.6 is 12.4 Å². The molecule has 0 bridgehead atoms. The third-order valence-corrected chi connectivity index (χ3v) is 3.90. The van der Waals surface area contributed by atoms with Crippen molar-refractivity contribution in [1.82, 2.24) is 10.6 Å². The predicted molar refractivity (Wildman–Crippen MR) is 72.5 cm³/mol. The van der Waals surface area contributed by atoms with E-state index in [1.54, 1.807) is 0 Å². The van der Waals surface area contributed by atoms with Crippen LogP contribution in [0.1, 0.15) is 51.4 Å². The SMILES string of the molecule is Cl.O=C(CC1CCCCC1)NC1CCNCC1. The Kier molecular flexibility index (Phi) is 6.90. The molecule has 1 aliphatic heterocycles. The van der Waals surface area contributed by atoms with Crippen LogP contribution in [0.4, 0.5) is 0 Å². The third kappa shape index (κ3) is 5.26. The summed E-state index contributed by atoms with van der Waals surface area (Å²) < 4.78 is 0. The molecule has 0 spiro atoms. The molecule has 2 fully saturated rings. The number of hydrogen-bond acceptors (Lipinski definition) is 2. The van der Waals surface area contributed by atoms with E-state index in [4.69, 9.17) is 0 Å². The minimum absolute atomic E-state index is 0. The summed E-state index contributed by atoms with van der Waals surface area (Å²) in [6.07, 6.45) is 9.50. The Morgan fingerprint density at radius 1 is 1.06 bits per heavy atom. The molecule has 17 heavy (non-hydrogen) atoms. The van der Waals surface area contributed by atoms with Gasteiger partial charge in [-0.25, -0.2) is 0 Å². The molecule has 0 aromatic rings. The first-order valence-electron chi connectivity index (χ1n) is 6.84. The summed E-state index contributed by atoms with van der Waals surface area (Å²) in [6, 6.07) is 0.428. The Balaban J connectivity index is 0.00000144. The smallest absolute Gasteiger partial charge is 0.220 e. The first-order valence-corrected chi connectivity index (χ1v) is 6.84. The van der Waals surface area contributed by atoms with Crippen LogP contribution in [0.2, 0.25) is 0 Å². The Morgan fingerprint density at radius 3 is 2.35 bits per heavy atom. The molecular weight excluding hydrogens is 236 g/mol. The van der Waals surface area contributed by atoms with Gasteiger partial charge < -0.3 is 10.6 Å². The molecule has 2 N–H and O–H groups in total. The quantitative estimate of drug-likeness (QED) is 0.817. The number of halogens is 1. The van der Waals surface area contributed by atoms with E-state index in [-0.39, 0.29) is 12.4 Å². The first kappa shape index (κ1) is 14.8. The average Bonchev–Trinajstić information content (AvgIpc) is 2.31. The molecule has 100 valence electrons. The van der Waals surface area contributed by atoms with Gasteiger partial charge in [-0.15, -0.1) is 12.4 Å². The summed E-state index contributed by atoms with van der Waals surface area (Å²) in [5.41, 5.74) is 0. The zero-order valence-electron chi connectivity index (χ0n) is 10.5. The molecule has 1 saturated carbocycles. The average molecular weight is 261 g/mol.